The molecule has 8 nitrogen and oxygen atoms in total. The zero-order chi connectivity index (χ0) is 24.3. The molecule has 4 rings (SSSR count). The molecule has 1 N–H and O–H groups in total. The van der Waals surface area contributed by atoms with Gasteiger partial charge < -0.3 is 9.72 Å². The third kappa shape index (κ3) is 5.17. The fraction of sp³-hybridized carbons (Fsp3) is 0.615. The lowest BCUT2D eigenvalue weighted by Crippen LogP contribution is -2.42. The Balaban J connectivity index is 1.74. The van der Waals surface area contributed by atoms with E-state index in [1.165, 1.54) is 19.3 Å². The van der Waals surface area contributed by atoms with Crippen LogP contribution in [0.5, 0.6) is 5.75 Å². The van der Waals surface area contributed by atoms with Crippen molar-refractivity contribution in [1.82, 2.24) is 30.1 Å². The predicted molar refractivity (Wildman–Crippen MR) is 134 cm³/mol. The minimum absolute atomic E-state index is 0.0298. The summed E-state index contributed by atoms with van der Waals surface area (Å²) in [5, 5.41) is 13.8. The van der Waals surface area contributed by atoms with Crippen molar-refractivity contribution < 1.29 is 4.74 Å². The SMILES string of the molecule is CCOc1ccc2[nH]c(=O)c(CN(C3CCCCC3)[C@H](CC)c3nnnn3C(C)(C)C)cc2c1. The quantitative estimate of drug-likeness (QED) is 0.505. The molecule has 0 bridgehead atoms. The second kappa shape index (κ2) is 10.3. The second-order valence-electron chi connectivity index (χ2n) is 10.3. The van der Waals surface area contributed by atoms with Crippen LogP contribution in [0.4, 0.5) is 0 Å². The summed E-state index contributed by atoms with van der Waals surface area (Å²) in [4.78, 5) is 18.7. The summed E-state index contributed by atoms with van der Waals surface area (Å²) in [6, 6.07) is 8.26. The molecule has 1 atom stereocenters. The second-order valence-corrected chi connectivity index (χ2v) is 10.3. The molecule has 1 saturated carbocycles. The first kappa shape index (κ1) is 24.4. The van der Waals surface area contributed by atoms with Gasteiger partial charge in [-0.1, -0.05) is 26.2 Å². The number of benzene rings is 1. The van der Waals surface area contributed by atoms with Crippen LogP contribution in [0.15, 0.2) is 29.1 Å². The Morgan fingerprint density at radius 3 is 2.62 bits per heavy atom. The van der Waals surface area contributed by atoms with Gasteiger partial charge in [0.25, 0.3) is 5.56 Å². The summed E-state index contributed by atoms with van der Waals surface area (Å²) in [5.41, 5.74) is 1.33. The fourth-order valence-electron chi connectivity index (χ4n) is 5.15. The number of aromatic amines is 1. The van der Waals surface area contributed by atoms with Crippen molar-refractivity contribution in [3.63, 3.8) is 0 Å². The average molecular weight is 467 g/mol. The van der Waals surface area contributed by atoms with Gasteiger partial charge in [0.1, 0.15) is 5.75 Å². The summed E-state index contributed by atoms with van der Waals surface area (Å²) in [7, 11) is 0. The molecule has 1 aromatic carbocycles. The van der Waals surface area contributed by atoms with Crippen molar-refractivity contribution in [2.45, 2.75) is 97.3 Å². The molecule has 0 radical (unpaired) electrons. The van der Waals surface area contributed by atoms with Gasteiger partial charge in [0.15, 0.2) is 5.82 Å². The normalized spacial score (nSPS) is 16.3. The smallest absolute Gasteiger partial charge is 0.252 e. The van der Waals surface area contributed by atoms with Crippen LogP contribution >= 0.6 is 0 Å². The Hall–Kier alpha value is -2.74. The highest BCUT2D eigenvalue weighted by Crippen LogP contribution is 2.34. The van der Waals surface area contributed by atoms with Crippen LogP contribution in [0.25, 0.3) is 10.9 Å². The fourth-order valence-corrected chi connectivity index (χ4v) is 5.15. The number of tetrazole rings is 1. The molecule has 3 aromatic rings. The zero-order valence-electron chi connectivity index (χ0n) is 21.2. The standard InChI is InChI=1S/C26H38N6O2/c1-6-23(24-28-29-30-32(24)26(3,4)5)31(20-11-9-8-10-12-20)17-19-15-18-16-21(34-7-2)13-14-22(18)27-25(19)33/h13-16,20,23H,6-12,17H2,1-5H3,(H,27,33)/t23-/m1/s1. The van der Waals surface area contributed by atoms with Crippen molar-refractivity contribution in [2.24, 2.45) is 0 Å². The number of nitrogens with zero attached hydrogens (tertiary/aromatic N) is 5. The Bertz CT molecular complexity index is 1160. The van der Waals surface area contributed by atoms with E-state index >= 15 is 0 Å². The van der Waals surface area contributed by atoms with Crippen LogP contribution in [0, 0.1) is 0 Å². The molecule has 2 heterocycles. The Morgan fingerprint density at radius 1 is 1.18 bits per heavy atom. The van der Waals surface area contributed by atoms with Crippen LogP contribution in [-0.2, 0) is 12.1 Å². The van der Waals surface area contributed by atoms with Crippen molar-refractivity contribution in [3.8, 4) is 5.75 Å². The highest BCUT2D eigenvalue weighted by molar-refractivity contribution is 5.80. The van der Waals surface area contributed by atoms with Crippen LogP contribution in [0.1, 0.15) is 90.6 Å². The molecule has 2 aromatic heterocycles. The molecule has 1 aliphatic carbocycles. The molecule has 0 saturated heterocycles. The lowest BCUT2D eigenvalue weighted by molar-refractivity contribution is 0.0810. The van der Waals surface area contributed by atoms with Crippen LogP contribution in [0.3, 0.4) is 0 Å². The maximum Gasteiger partial charge on any atom is 0.252 e. The number of fused-ring (bicyclic) bond motifs is 1. The Morgan fingerprint density at radius 2 is 1.94 bits per heavy atom. The van der Waals surface area contributed by atoms with Crippen molar-refractivity contribution >= 4 is 10.9 Å². The van der Waals surface area contributed by atoms with Gasteiger partial charge in [0.05, 0.1) is 18.2 Å². The first-order valence-corrected chi connectivity index (χ1v) is 12.6. The minimum atomic E-state index is -0.222. The molecule has 34 heavy (non-hydrogen) atoms. The topological polar surface area (TPSA) is 88.9 Å². The van der Waals surface area contributed by atoms with Gasteiger partial charge in [0, 0.05) is 29.1 Å². The van der Waals surface area contributed by atoms with Crippen molar-refractivity contribution in [1.29, 1.82) is 0 Å². The number of rotatable bonds is 8. The number of H-pyrrole nitrogens is 1. The van der Waals surface area contributed by atoms with E-state index in [9.17, 15) is 4.79 Å². The molecule has 8 heteroatoms. The molecule has 1 aliphatic rings. The van der Waals surface area contributed by atoms with Gasteiger partial charge in [-0.15, -0.1) is 5.10 Å². The lowest BCUT2D eigenvalue weighted by Gasteiger charge is -2.39. The van der Waals surface area contributed by atoms with Crippen LogP contribution < -0.4 is 10.3 Å². The van der Waals surface area contributed by atoms with Gasteiger partial charge in [0.2, 0.25) is 0 Å². The molecular formula is C26H38N6O2. The van der Waals surface area contributed by atoms with E-state index in [0.717, 1.165) is 47.3 Å². The molecule has 0 unspecified atom stereocenters. The summed E-state index contributed by atoms with van der Waals surface area (Å²) in [5.74, 6) is 1.68. The number of pyridine rings is 1. The van der Waals surface area contributed by atoms with E-state index in [-0.39, 0.29) is 17.1 Å². The predicted octanol–water partition coefficient (Wildman–Crippen LogP) is 4.95. The maximum atomic E-state index is 13.1. The Labute approximate surface area is 201 Å². The van der Waals surface area contributed by atoms with E-state index in [4.69, 9.17) is 4.74 Å². The molecule has 1 fully saturated rings. The molecule has 0 amide bonds. The van der Waals surface area contributed by atoms with Crippen molar-refractivity contribution in [3.05, 3.63) is 46.0 Å². The third-order valence-corrected chi connectivity index (χ3v) is 6.81. The van der Waals surface area contributed by atoms with E-state index in [2.05, 4.69) is 53.1 Å². The molecule has 184 valence electrons. The zero-order valence-corrected chi connectivity index (χ0v) is 21.2. The monoisotopic (exact) mass is 466 g/mol. The maximum absolute atomic E-state index is 13.1. The Kier molecular flexibility index (Phi) is 7.36. The van der Waals surface area contributed by atoms with E-state index in [1.54, 1.807) is 0 Å². The summed E-state index contributed by atoms with van der Waals surface area (Å²) in [6.45, 7) is 11.7. The van der Waals surface area contributed by atoms with E-state index < -0.39 is 0 Å². The molecule has 0 spiro atoms. The summed E-state index contributed by atoms with van der Waals surface area (Å²) in [6.07, 6.45) is 6.84. The first-order valence-electron chi connectivity index (χ1n) is 12.6. The third-order valence-electron chi connectivity index (χ3n) is 6.81. The van der Waals surface area contributed by atoms with Gasteiger partial charge in [-0.05, 0) is 81.6 Å². The number of hydrogen-bond acceptors (Lipinski definition) is 6. The summed E-state index contributed by atoms with van der Waals surface area (Å²) >= 11 is 0. The minimum Gasteiger partial charge on any atom is -0.494 e. The number of ether oxygens (including phenoxy) is 1. The highest BCUT2D eigenvalue weighted by Gasteiger charge is 2.33. The van der Waals surface area contributed by atoms with Crippen LogP contribution in [0.2, 0.25) is 0 Å². The van der Waals surface area contributed by atoms with E-state index in [1.807, 2.05) is 35.9 Å². The van der Waals surface area contributed by atoms with E-state index in [0.29, 0.717) is 19.2 Å². The number of aromatic nitrogens is 5. The number of hydrogen-bond donors (Lipinski definition) is 1. The van der Waals surface area contributed by atoms with Crippen LogP contribution in [-0.4, -0.2) is 42.7 Å². The molecular weight excluding hydrogens is 428 g/mol. The lowest BCUT2D eigenvalue weighted by atomic mass is 9.92. The average Bonchev–Trinajstić information content (AvgIpc) is 3.30. The van der Waals surface area contributed by atoms with Crippen molar-refractivity contribution in [2.75, 3.05) is 6.61 Å². The summed E-state index contributed by atoms with van der Waals surface area (Å²) < 4.78 is 7.62. The number of nitrogens with one attached hydrogen (secondary N) is 1. The largest absolute Gasteiger partial charge is 0.494 e. The first-order chi connectivity index (χ1) is 16.3. The van der Waals surface area contributed by atoms with Gasteiger partial charge in [-0.25, -0.2) is 4.68 Å². The highest BCUT2D eigenvalue weighted by atomic mass is 16.5. The van der Waals surface area contributed by atoms with Gasteiger partial charge in [-0.3, -0.25) is 9.69 Å². The molecule has 0 aliphatic heterocycles. The van der Waals surface area contributed by atoms with Gasteiger partial charge >= 0.3 is 0 Å². The van der Waals surface area contributed by atoms with Gasteiger partial charge in [-0.2, -0.15) is 0 Å².